The molecule has 2 unspecified atom stereocenters. The summed E-state index contributed by atoms with van der Waals surface area (Å²) in [6, 6.07) is 0.787. The van der Waals surface area contributed by atoms with Gasteiger partial charge in [0.15, 0.2) is 0 Å². The van der Waals surface area contributed by atoms with Crippen molar-refractivity contribution in [1.82, 2.24) is 4.90 Å². The predicted molar refractivity (Wildman–Crippen MR) is 54.0 cm³/mol. The number of hydrogen-bond acceptors (Lipinski definition) is 1. The van der Waals surface area contributed by atoms with Gasteiger partial charge in [-0.1, -0.05) is 32.8 Å². The van der Waals surface area contributed by atoms with Crippen LogP contribution in [0.2, 0.25) is 0 Å². The van der Waals surface area contributed by atoms with E-state index in [0.29, 0.717) is 0 Å². The van der Waals surface area contributed by atoms with Gasteiger partial charge in [-0.05, 0) is 25.0 Å². The Bertz CT molecular complexity index is 151. The van der Waals surface area contributed by atoms with Crippen molar-refractivity contribution in [2.24, 2.45) is 5.92 Å². The summed E-state index contributed by atoms with van der Waals surface area (Å²) in [7, 11) is 2.20. The maximum atomic E-state index is 2.38. The Morgan fingerprint density at radius 2 is 2.25 bits per heavy atom. The van der Waals surface area contributed by atoms with Gasteiger partial charge in [-0.25, -0.2) is 0 Å². The second kappa shape index (κ2) is 4.54. The summed E-state index contributed by atoms with van der Waals surface area (Å²) in [5, 5.41) is 0. The molecule has 12 heavy (non-hydrogen) atoms. The van der Waals surface area contributed by atoms with Gasteiger partial charge in [-0.3, -0.25) is 0 Å². The number of hydrogen-bond donors (Lipinski definition) is 0. The summed E-state index contributed by atoms with van der Waals surface area (Å²) >= 11 is 0. The molecule has 0 radical (unpaired) electrons. The van der Waals surface area contributed by atoms with E-state index in [1.54, 1.807) is 0 Å². The second-order valence-electron chi connectivity index (χ2n) is 3.97. The quantitative estimate of drug-likeness (QED) is 0.624. The molecule has 1 aliphatic heterocycles. The summed E-state index contributed by atoms with van der Waals surface area (Å²) in [6.07, 6.45) is 9.83. The average molecular weight is 167 g/mol. The molecule has 1 nitrogen and oxygen atoms in total. The molecule has 0 fully saturated rings. The molecule has 0 saturated carbocycles. The van der Waals surface area contributed by atoms with Crippen LogP contribution in [0.5, 0.6) is 0 Å². The highest BCUT2D eigenvalue weighted by molar-refractivity contribution is 4.94. The van der Waals surface area contributed by atoms with Gasteiger partial charge in [0.25, 0.3) is 0 Å². The zero-order valence-corrected chi connectivity index (χ0v) is 8.59. The molecule has 70 valence electrons. The molecule has 0 bridgehead atoms. The minimum absolute atomic E-state index is 0.787. The lowest BCUT2D eigenvalue weighted by molar-refractivity contribution is 0.213. The van der Waals surface area contributed by atoms with Crippen LogP contribution in [0.3, 0.4) is 0 Å². The summed E-state index contributed by atoms with van der Waals surface area (Å²) < 4.78 is 0. The maximum Gasteiger partial charge on any atom is 0.0309 e. The molecule has 0 aromatic heterocycles. The first kappa shape index (κ1) is 9.63. The summed E-state index contributed by atoms with van der Waals surface area (Å²) in [5.41, 5.74) is 0. The molecule has 0 aromatic carbocycles. The van der Waals surface area contributed by atoms with E-state index < -0.39 is 0 Å². The average Bonchev–Trinajstić information content (AvgIpc) is 2.04. The van der Waals surface area contributed by atoms with Crippen LogP contribution in [0.25, 0.3) is 0 Å². The highest BCUT2D eigenvalue weighted by Crippen LogP contribution is 2.23. The molecule has 0 saturated heterocycles. The summed E-state index contributed by atoms with van der Waals surface area (Å²) in [5.74, 6) is 0.839. The van der Waals surface area contributed by atoms with E-state index in [1.807, 2.05) is 0 Å². The van der Waals surface area contributed by atoms with Crippen molar-refractivity contribution >= 4 is 0 Å². The fraction of sp³-hybridized carbons (Fsp3) is 0.818. The van der Waals surface area contributed by atoms with Crippen LogP contribution in [0.4, 0.5) is 0 Å². The number of unbranched alkanes of at least 4 members (excludes halogenated alkanes) is 1. The first-order valence-electron chi connectivity index (χ1n) is 5.14. The van der Waals surface area contributed by atoms with Crippen molar-refractivity contribution in [3.8, 4) is 0 Å². The van der Waals surface area contributed by atoms with Crippen molar-refractivity contribution in [2.75, 3.05) is 7.05 Å². The lowest BCUT2D eigenvalue weighted by Gasteiger charge is -2.35. The van der Waals surface area contributed by atoms with Crippen molar-refractivity contribution < 1.29 is 0 Å². The van der Waals surface area contributed by atoms with Gasteiger partial charge in [0.05, 0.1) is 0 Å². The van der Waals surface area contributed by atoms with E-state index in [-0.39, 0.29) is 0 Å². The third kappa shape index (κ3) is 2.26. The van der Waals surface area contributed by atoms with Crippen LogP contribution in [0.1, 0.15) is 39.5 Å². The Morgan fingerprint density at radius 3 is 2.83 bits per heavy atom. The Morgan fingerprint density at radius 1 is 1.50 bits per heavy atom. The van der Waals surface area contributed by atoms with Crippen LogP contribution >= 0.6 is 0 Å². The number of allylic oxidation sites excluding steroid dienone is 1. The summed E-state index contributed by atoms with van der Waals surface area (Å²) in [4.78, 5) is 2.38. The molecule has 1 aliphatic rings. The number of rotatable bonds is 3. The van der Waals surface area contributed by atoms with Gasteiger partial charge in [0.1, 0.15) is 0 Å². The molecule has 2 atom stereocenters. The Labute approximate surface area is 76.5 Å². The molecule has 1 rings (SSSR count). The van der Waals surface area contributed by atoms with Gasteiger partial charge < -0.3 is 4.90 Å². The number of nitrogens with zero attached hydrogens (tertiary/aromatic N) is 1. The second-order valence-corrected chi connectivity index (χ2v) is 3.97. The zero-order valence-electron chi connectivity index (χ0n) is 8.59. The van der Waals surface area contributed by atoms with E-state index in [9.17, 15) is 0 Å². The molecular formula is C11H21N. The van der Waals surface area contributed by atoms with Crippen molar-refractivity contribution in [3.63, 3.8) is 0 Å². The van der Waals surface area contributed by atoms with E-state index in [4.69, 9.17) is 0 Å². The van der Waals surface area contributed by atoms with Crippen molar-refractivity contribution in [3.05, 3.63) is 12.3 Å². The van der Waals surface area contributed by atoms with Crippen molar-refractivity contribution in [2.45, 2.75) is 45.6 Å². The molecule has 0 aliphatic carbocycles. The van der Waals surface area contributed by atoms with Crippen LogP contribution in [0, 0.1) is 5.92 Å². The summed E-state index contributed by atoms with van der Waals surface area (Å²) in [6.45, 7) is 4.63. The topological polar surface area (TPSA) is 3.24 Å². The molecule has 1 heterocycles. The highest BCUT2D eigenvalue weighted by atomic mass is 15.1. The molecule has 0 spiro atoms. The SMILES string of the molecule is CCCCC1C(C)CC=CN1C. The van der Waals surface area contributed by atoms with E-state index in [0.717, 1.165) is 12.0 Å². The lowest BCUT2D eigenvalue weighted by atomic mass is 9.91. The van der Waals surface area contributed by atoms with Crippen LogP contribution in [-0.2, 0) is 0 Å². The molecular weight excluding hydrogens is 146 g/mol. The Balaban J connectivity index is 2.42. The molecule has 0 aromatic rings. The standard InChI is InChI=1S/C11H21N/c1-4-5-8-11-10(2)7-6-9-12(11)3/h6,9-11H,4-5,7-8H2,1-3H3. The fourth-order valence-electron chi connectivity index (χ4n) is 2.01. The third-order valence-electron chi connectivity index (χ3n) is 2.88. The Kier molecular flexibility index (Phi) is 3.64. The lowest BCUT2D eigenvalue weighted by Crippen LogP contribution is -2.35. The minimum atomic E-state index is 0.787. The smallest absolute Gasteiger partial charge is 0.0309 e. The van der Waals surface area contributed by atoms with Crippen LogP contribution in [-0.4, -0.2) is 18.0 Å². The first-order chi connectivity index (χ1) is 5.75. The van der Waals surface area contributed by atoms with Crippen LogP contribution < -0.4 is 0 Å². The van der Waals surface area contributed by atoms with Gasteiger partial charge in [0.2, 0.25) is 0 Å². The third-order valence-corrected chi connectivity index (χ3v) is 2.88. The zero-order chi connectivity index (χ0) is 8.97. The van der Waals surface area contributed by atoms with E-state index in [1.165, 1.54) is 25.7 Å². The maximum absolute atomic E-state index is 2.38. The molecule has 1 heteroatoms. The fourth-order valence-corrected chi connectivity index (χ4v) is 2.01. The minimum Gasteiger partial charge on any atom is -0.377 e. The normalized spacial score (nSPS) is 29.4. The molecule has 0 amide bonds. The van der Waals surface area contributed by atoms with Gasteiger partial charge >= 0.3 is 0 Å². The Hall–Kier alpha value is -0.460. The highest BCUT2D eigenvalue weighted by Gasteiger charge is 2.20. The van der Waals surface area contributed by atoms with Gasteiger partial charge in [-0.2, -0.15) is 0 Å². The predicted octanol–water partition coefficient (Wildman–Crippen LogP) is 3.03. The monoisotopic (exact) mass is 167 g/mol. The van der Waals surface area contributed by atoms with Gasteiger partial charge in [0, 0.05) is 13.1 Å². The van der Waals surface area contributed by atoms with Gasteiger partial charge in [-0.15, -0.1) is 0 Å². The van der Waals surface area contributed by atoms with Crippen molar-refractivity contribution in [1.29, 1.82) is 0 Å². The van der Waals surface area contributed by atoms with E-state index >= 15 is 0 Å². The van der Waals surface area contributed by atoms with Crippen LogP contribution in [0.15, 0.2) is 12.3 Å². The molecule has 0 N–H and O–H groups in total. The largest absolute Gasteiger partial charge is 0.377 e. The van der Waals surface area contributed by atoms with E-state index in [2.05, 4.69) is 38.1 Å². The first-order valence-corrected chi connectivity index (χ1v) is 5.14.